The Bertz CT molecular complexity index is 2620. The first-order chi connectivity index (χ1) is 25.9. The highest BCUT2D eigenvalue weighted by Crippen LogP contribution is 2.37. The highest BCUT2D eigenvalue weighted by Gasteiger charge is 2.17. The van der Waals surface area contributed by atoms with Gasteiger partial charge in [0.05, 0.1) is 40.4 Å². The molecule has 4 aromatic carbocycles. The molecule has 3 heterocycles. The summed E-state index contributed by atoms with van der Waals surface area (Å²) in [6.07, 6.45) is 4.35. The van der Waals surface area contributed by atoms with Gasteiger partial charge in [-0.1, -0.05) is 29.8 Å². The molecule has 7 rings (SSSR count). The van der Waals surface area contributed by atoms with Crippen molar-refractivity contribution in [2.45, 2.75) is 11.8 Å². The van der Waals surface area contributed by atoms with Crippen molar-refractivity contribution in [3.05, 3.63) is 131 Å². The fraction of sp³-hybridized carbons (Fsp3) is 0.105. The van der Waals surface area contributed by atoms with Crippen molar-refractivity contribution in [3.8, 4) is 34.3 Å². The van der Waals surface area contributed by atoms with Crippen LogP contribution in [-0.2, 0) is 10.1 Å². The number of nitrogens with one attached hydrogen (secondary N) is 2. The third-order valence-electron chi connectivity index (χ3n) is 7.90. The highest BCUT2D eigenvalue weighted by molar-refractivity contribution is 7.85. The van der Waals surface area contributed by atoms with Crippen LogP contribution >= 0.6 is 0 Å². The van der Waals surface area contributed by atoms with E-state index in [0.717, 1.165) is 5.56 Å². The molecule has 0 unspecified atom stereocenters. The molecule has 0 radical (unpaired) electrons. The topological polar surface area (TPSA) is 186 Å². The van der Waals surface area contributed by atoms with Gasteiger partial charge in [0.15, 0.2) is 23.1 Å². The summed E-state index contributed by atoms with van der Waals surface area (Å²) in [5.74, 6) is -0.178. The average Bonchev–Trinajstić information content (AvgIpc) is 3.15. The number of nitrogens with zero attached hydrogens (tertiary/aromatic N) is 3. The molecule has 0 fully saturated rings. The van der Waals surface area contributed by atoms with E-state index >= 15 is 4.39 Å². The lowest BCUT2D eigenvalue weighted by Crippen LogP contribution is -2.10. The largest absolute Gasteiger partial charge is 0.493 e. The van der Waals surface area contributed by atoms with Gasteiger partial charge in [-0.15, -0.1) is 0 Å². The minimum Gasteiger partial charge on any atom is -0.493 e. The summed E-state index contributed by atoms with van der Waals surface area (Å²) in [6, 6.07) is 20.6. The third-order valence-corrected chi connectivity index (χ3v) is 8.77. The molecule has 7 aromatic rings. The second-order valence-corrected chi connectivity index (χ2v) is 13.0. The first-order valence-electron chi connectivity index (χ1n) is 16.1. The Morgan fingerprint density at radius 1 is 0.889 bits per heavy atom. The molecule has 13 nitrogen and oxygen atoms in total. The normalized spacial score (nSPS) is 11.1. The van der Waals surface area contributed by atoms with Crippen molar-refractivity contribution in [1.82, 2.24) is 19.9 Å². The van der Waals surface area contributed by atoms with Crippen LogP contribution in [0.4, 0.5) is 20.3 Å². The Labute approximate surface area is 306 Å². The molecule has 0 amide bonds. The van der Waals surface area contributed by atoms with Crippen LogP contribution in [0.15, 0.2) is 113 Å². The molecule has 276 valence electrons. The van der Waals surface area contributed by atoms with Crippen LogP contribution in [0.1, 0.15) is 5.56 Å². The van der Waals surface area contributed by atoms with Crippen molar-refractivity contribution in [2.75, 3.05) is 25.6 Å². The van der Waals surface area contributed by atoms with E-state index < -0.39 is 21.8 Å². The predicted octanol–water partition coefficient (Wildman–Crippen LogP) is 6.97. The maximum atomic E-state index is 15.3. The van der Waals surface area contributed by atoms with Gasteiger partial charge >= 0.3 is 0 Å². The van der Waals surface area contributed by atoms with Crippen molar-refractivity contribution in [2.24, 2.45) is 0 Å². The zero-order chi connectivity index (χ0) is 38.4. The first kappa shape index (κ1) is 37.3. The van der Waals surface area contributed by atoms with E-state index in [1.807, 2.05) is 6.92 Å². The summed E-state index contributed by atoms with van der Waals surface area (Å²) in [7, 11) is -2.56. The highest BCUT2D eigenvalue weighted by atomic mass is 32.2. The van der Waals surface area contributed by atoms with E-state index in [2.05, 4.69) is 25.3 Å². The van der Waals surface area contributed by atoms with Crippen molar-refractivity contribution >= 4 is 43.4 Å². The second-order valence-electron chi connectivity index (χ2n) is 11.6. The lowest BCUT2D eigenvalue weighted by atomic mass is 10.0. The van der Waals surface area contributed by atoms with Gasteiger partial charge in [0.2, 0.25) is 11.3 Å². The number of aliphatic hydroxyl groups excluding tert-OH is 1. The number of aryl methyl sites for hydroxylation is 1. The molecule has 3 aromatic heterocycles. The second kappa shape index (κ2) is 16.0. The van der Waals surface area contributed by atoms with Crippen LogP contribution in [0.2, 0.25) is 0 Å². The number of ether oxygens (including phenoxy) is 3. The minimum absolute atomic E-state index is 0.0666. The number of rotatable bonds is 10. The van der Waals surface area contributed by atoms with Gasteiger partial charge < -0.3 is 29.6 Å². The van der Waals surface area contributed by atoms with Gasteiger partial charge in [0.1, 0.15) is 24.6 Å². The number of aromatic nitrogens is 4. The Morgan fingerprint density at radius 2 is 1.65 bits per heavy atom. The van der Waals surface area contributed by atoms with E-state index in [4.69, 9.17) is 23.9 Å². The molecule has 54 heavy (non-hydrogen) atoms. The predicted molar refractivity (Wildman–Crippen MR) is 197 cm³/mol. The summed E-state index contributed by atoms with van der Waals surface area (Å²) in [6.45, 7) is 1.74. The van der Waals surface area contributed by atoms with E-state index in [1.165, 1.54) is 68.2 Å². The first-order valence-corrected chi connectivity index (χ1v) is 17.5. The molecule has 0 atom stereocenters. The van der Waals surface area contributed by atoms with Crippen LogP contribution < -0.4 is 25.0 Å². The van der Waals surface area contributed by atoms with Gasteiger partial charge in [-0.05, 0) is 61.0 Å². The molecule has 0 saturated heterocycles. The molecule has 0 spiro atoms. The molecular formula is C38H31F2N5O8S. The Hall–Kier alpha value is -6.49. The summed E-state index contributed by atoms with van der Waals surface area (Å²) >= 11 is 0. The van der Waals surface area contributed by atoms with Crippen LogP contribution in [-0.4, -0.2) is 58.3 Å². The lowest BCUT2D eigenvalue weighted by molar-refractivity contribution is 0.196. The SMILES string of the molecule is COc1cc2c(Oc3ccc(Nc4nccc5[nH]cc(-c6ccc(F)cc6)c(=O)c45)cc3F)ncnc2cc1OCCO.Cc1ccc(S(=O)(=O)O)cc1. The van der Waals surface area contributed by atoms with Crippen molar-refractivity contribution < 1.29 is 41.1 Å². The van der Waals surface area contributed by atoms with Gasteiger partial charge in [0, 0.05) is 35.8 Å². The third kappa shape index (κ3) is 8.42. The molecule has 0 saturated carbocycles. The maximum Gasteiger partial charge on any atom is 0.294 e. The minimum atomic E-state index is -4.02. The van der Waals surface area contributed by atoms with Crippen LogP contribution in [0.25, 0.3) is 32.9 Å². The average molecular weight is 756 g/mol. The number of pyridine rings is 2. The monoisotopic (exact) mass is 755 g/mol. The van der Waals surface area contributed by atoms with E-state index in [-0.39, 0.29) is 46.4 Å². The molecule has 0 aliphatic heterocycles. The molecule has 4 N–H and O–H groups in total. The quantitative estimate of drug-likeness (QED) is 0.105. The van der Waals surface area contributed by atoms with Crippen LogP contribution in [0.5, 0.6) is 23.1 Å². The number of aliphatic hydroxyl groups is 1. The number of hydrogen-bond acceptors (Lipinski definition) is 11. The summed E-state index contributed by atoms with van der Waals surface area (Å²) in [5, 5.41) is 12.8. The van der Waals surface area contributed by atoms with E-state index in [1.54, 1.807) is 42.6 Å². The number of hydrogen-bond donors (Lipinski definition) is 4. The zero-order valence-corrected chi connectivity index (χ0v) is 29.4. The zero-order valence-electron chi connectivity index (χ0n) is 28.6. The fourth-order valence-corrected chi connectivity index (χ4v) is 5.74. The van der Waals surface area contributed by atoms with Gasteiger partial charge in [-0.3, -0.25) is 9.35 Å². The smallest absolute Gasteiger partial charge is 0.294 e. The Balaban J connectivity index is 0.000000389. The van der Waals surface area contributed by atoms with E-state index in [0.29, 0.717) is 44.7 Å². The molecule has 0 aliphatic rings. The standard InChI is InChI=1S/C31H23F2N5O5.C7H8O3S/c1-41-26-13-20-24(14-27(26)42-11-10-39)36-16-37-31(20)43-25-7-6-19(12-22(25)33)38-30-28-23(8-9-34-30)35-15-21(29(28)40)17-2-4-18(32)5-3-17;1-6-2-4-7(5-3-6)11(8,9)10/h2-9,12-16,39H,10-11H2,1H3,(H,34,38)(H,35,40);2-5H,1H3,(H,8,9,10). The van der Waals surface area contributed by atoms with Crippen molar-refractivity contribution in [1.29, 1.82) is 0 Å². The fourth-order valence-electron chi connectivity index (χ4n) is 5.26. The lowest BCUT2D eigenvalue weighted by Gasteiger charge is -2.14. The number of fused-ring (bicyclic) bond motifs is 2. The summed E-state index contributed by atoms with van der Waals surface area (Å²) in [5.41, 5.74) is 2.80. The number of methoxy groups -OCH3 is 1. The van der Waals surface area contributed by atoms with Crippen LogP contribution in [0, 0.1) is 18.6 Å². The molecule has 0 aliphatic carbocycles. The molecule has 0 bridgehead atoms. The Kier molecular flexibility index (Phi) is 11.1. The summed E-state index contributed by atoms with van der Waals surface area (Å²) in [4.78, 5) is 29.2. The summed E-state index contributed by atoms with van der Waals surface area (Å²) < 4.78 is 75.0. The van der Waals surface area contributed by atoms with Crippen molar-refractivity contribution in [3.63, 3.8) is 0 Å². The number of halogens is 2. The Morgan fingerprint density at radius 3 is 2.33 bits per heavy atom. The van der Waals surface area contributed by atoms with Crippen LogP contribution in [0.3, 0.4) is 0 Å². The molecule has 16 heteroatoms. The molecular weight excluding hydrogens is 725 g/mol. The van der Waals surface area contributed by atoms with E-state index in [9.17, 15) is 17.6 Å². The van der Waals surface area contributed by atoms with Gasteiger partial charge in [-0.2, -0.15) is 8.42 Å². The number of H-pyrrole nitrogens is 1. The number of anilines is 2. The maximum absolute atomic E-state index is 15.3. The van der Waals surface area contributed by atoms with Gasteiger partial charge in [0.25, 0.3) is 10.1 Å². The number of aromatic amines is 1. The number of benzene rings is 4. The van der Waals surface area contributed by atoms with Gasteiger partial charge in [-0.25, -0.2) is 23.7 Å².